The van der Waals surface area contributed by atoms with Crippen LogP contribution in [0, 0.1) is 5.41 Å². The number of fused-ring (bicyclic) bond motifs is 1. The molecule has 0 saturated carbocycles. The van der Waals surface area contributed by atoms with Gasteiger partial charge in [0.25, 0.3) is 5.91 Å². The predicted octanol–water partition coefficient (Wildman–Crippen LogP) is 5.74. The molecule has 1 aliphatic heterocycles. The summed E-state index contributed by atoms with van der Waals surface area (Å²) in [5.41, 5.74) is 3.38. The maximum absolute atomic E-state index is 13.9. The van der Waals surface area contributed by atoms with Crippen LogP contribution in [0.4, 0.5) is 11.4 Å². The van der Waals surface area contributed by atoms with E-state index in [1.807, 2.05) is 48.5 Å². The van der Waals surface area contributed by atoms with Crippen molar-refractivity contribution in [2.45, 2.75) is 32.7 Å². The van der Waals surface area contributed by atoms with Crippen molar-refractivity contribution in [3.8, 4) is 0 Å². The highest BCUT2D eigenvalue weighted by Crippen LogP contribution is 2.48. The second kappa shape index (κ2) is 7.27. The fourth-order valence-corrected chi connectivity index (χ4v) is 4.65. The Morgan fingerprint density at radius 2 is 1.74 bits per heavy atom. The Bertz CT molecular complexity index is 1180. The summed E-state index contributed by atoms with van der Waals surface area (Å²) >= 11 is 0. The molecule has 2 aromatic carbocycles. The maximum atomic E-state index is 13.9. The third-order valence-corrected chi connectivity index (χ3v) is 5.95. The zero-order valence-corrected chi connectivity index (χ0v) is 17.6. The Morgan fingerprint density at radius 1 is 1.00 bits per heavy atom. The Labute approximate surface area is 181 Å². The van der Waals surface area contributed by atoms with Crippen molar-refractivity contribution >= 4 is 23.1 Å². The topological polar surface area (TPSA) is 62.6 Å². The fourth-order valence-electron chi connectivity index (χ4n) is 4.65. The van der Waals surface area contributed by atoms with Crippen LogP contribution in [-0.4, -0.2) is 11.7 Å². The van der Waals surface area contributed by atoms with Crippen LogP contribution in [0.15, 0.2) is 88.7 Å². The Morgan fingerprint density at radius 3 is 2.48 bits per heavy atom. The summed E-state index contributed by atoms with van der Waals surface area (Å²) in [5, 5.41) is 3.50. The van der Waals surface area contributed by atoms with Crippen LogP contribution in [0.5, 0.6) is 0 Å². The van der Waals surface area contributed by atoms with E-state index in [0.717, 1.165) is 17.1 Å². The molecule has 31 heavy (non-hydrogen) atoms. The summed E-state index contributed by atoms with van der Waals surface area (Å²) in [6, 6.07) is 19.8. The van der Waals surface area contributed by atoms with Gasteiger partial charge >= 0.3 is 0 Å². The van der Waals surface area contributed by atoms with E-state index in [2.05, 4.69) is 19.2 Å². The summed E-state index contributed by atoms with van der Waals surface area (Å²) < 4.78 is 5.80. The molecule has 0 unspecified atom stereocenters. The quantitative estimate of drug-likeness (QED) is 0.583. The molecule has 5 heteroatoms. The number of nitrogens with one attached hydrogen (secondary N) is 1. The number of hydrogen-bond donors (Lipinski definition) is 1. The van der Waals surface area contributed by atoms with E-state index in [1.54, 1.807) is 29.4 Å². The van der Waals surface area contributed by atoms with E-state index in [9.17, 15) is 9.59 Å². The van der Waals surface area contributed by atoms with Crippen LogP contribution in [0.3, 0.4) is 0 Å². The average Bonchev–Trinajstić information content (AvgIpc) is 3.23. The van der Waals surface area contributed by atoms with Crippen LogP contribution < -0.4 is 10.2 Å². The van der Waals surface area contributed by atoms with Crippen molar-refractivity contribution in [3.05, 3.63) is 95.6 Å². The van der Waals surface area contributed by atoms with E-state index >= 15 is 0 Å². The second-order valence-electron chi connectivity index (χ2n) is 8.93. The molecule has 156 valence electrons. The summed E-state index contributed by atoms with van der Waals surface area (Å²) in [6.45, 7) is 4.20. The molecule has 1 N–H and O–H groups in total. The van der Waals surface area contributed by atoms with Gasteiger partial charge < -0.3 is 9.73 Å². The summed E-state index contributed by atoms with van der Waals surface area (Å²) in [7, 11) is 0. The van der Waals surface area contributed by atoms with Crippen molar-refractivity contribution in [3.63, 3.8) is 0 Å². The van der Waals surface area contributed by atoms with Crippen molar-refractivity contribution in [2.75, 3.05) is 10.2 Å². The van der Waals surface area contributed by atoms with Gasteiger partial charge in [-0.25, -0.2) is 0 Å². The molecule has 0 saturated heterocycles. The Hall–Kier alpha value is -3.60. The molecule has 1 atom stereocenters. The second-order valence-corrected chi connectivity index (χ2v) is 8.93. The van der Waals surface area contributed by atoms with Crippen LogP contribution in [0.25, 0.3) is 0 Å². The minimum Gasteiger partial charge on any atom is -0.467 e. The summed E-state index contributed by atoms with van der Waals surface area (Å²) in [4.78, 5) is 29.0. The highest BCUT2D eigenvalue weighted by molar-refractivity contribution is 6.11. The number of anilines is 2. The highest BCUT2D eigenvalue weighted by Gasteiger charge is 2.44. The average molecular weight is 412 g/mol. The molecule has 5 nitrogen and oxygen atoms in total. The van der Waals surface area contributed by atoms with Crippen molar-refractivity contribution in [1.29, 1.82) is 0 Å². The van der Waals surface area contributed by atoms with Gasteiger partial charge in [-0.3, -0.25) is 14.5 Å². The highest BCUT2D eigenvalue weighted by atomic mass is 16.3. The Balaban J connectivity index is 1.78. The number of rotatable bonds is 2. The van der Waals surface area contributed by atoms with Crippen molar-refractivity contribution in [1.82, 2.24) is 0 Å². The number of ketones is 1. The molecule has 3 aromatic rings. The molecule has 2 heterocycles. The monoisotopic (exact) mass is 412 g/mol. The van der Waals surface area contributed by atoms with Gasteiger partial charge in [0.2, 0.25) is 0 Å². The van der Waals surface area contributed by atoms with E-state index in [0.29, 0.717) is 29.7 Å². The number of hydrogen-bond acceptors (Lipinski definition) is 4. The van der Waals surface area contributed by atoms with Gasteiger partial charge in [0, 0.05) is 23.3 Å². The number of carbonyl (C=O) groups is 2. The number of para-hydroxylation sites is 2. The van der Waals surface area contributed by atoms with Crippen LogP contribution in [-0.2, 0) is 4.79 Å². The minimum atomic E-state index is -0.641. The number of amides is 1. The lowest BCUT2D eigenvalue weighted by Crippen LogP contribution is -2.39. The molecule has 0 fully saturated rings. The Kier molecular flexibility index (Phi) is 4.54. The number of Topliss-reactive ketones (excluding diaryl/α,β-unsaturated/α-hetero) is 1. The minimum absolute atomic E-state index is 0.0406. The summed E-state index contributed by atoms with van der Waals surface area (Å²) in [5.74, 6) is 0.435. The first kappa shape index (κ1) is 19.4. The van der Waals surface area contributed by atoms with E-state index in [1.165, 1.54) is 0 Å². The molecular formula is C26H24N2O3. The normalized spacial score (nSPS) is 19.9. The zero-order chi connectivity index (χ0) is 21.6. The van der Waals surface area contributed by atoms with Gasteiger partial charge in [-0.15, -0.1) is 0 Å². The maximum Gasteiger partial charge on any atom is 0.259 e. The molecule has 1 aromatic heterocycles. The molecular weight excluding hydrogens is 388 g/mol. The van der Waals surface area contributed by atoms with E-state index in [4.69, 9.17) is 4.42 Å². The van der Waals surface area contributed by atoms with Crippen LogP contribution in [0.1, 0.15) is 48.8 Å². The van der Waals surface area contributed by atoms with Gasteiger partial charge in [-0.05, 0) is 48.2 Å². The van der Waals surface area contributed by atoms with Gasteiger partial charge in [-0.1, -0.05) is 44.2 Å². The van der Waals surface area contributed by atoms with Gasteiger partial charge in [0.1, 0.15) is 11.8 Å². The number of carbonyl (C=O) groups excluding carboxylic acids is 2. The van der Waals surface area contributed by atoms with Gasteiger partial charge in [0.05, 0.1) is 17.6 Å². The largest absolute Gasteiger partial charge is 0.467 e. The molecule has 2 aliphatic rings. The number of nitrogens with zero attached hydrogens (tertiary/aromatic N) is 1. The third kappa shape index (κ3) is 3.36. The van der Waals surface area contributed by atoms with Gasteiger partial charge in [0.15, 0.2) is 5.78 Å². The number of furan rings is 1. The predicted molar refractivity (Wildman–Crippen MR) is 120 cm³/mol. The van der Waals surface area contributed by atoms with E-state index in [-0.39, 0.29) is 17.1 Å². The first-order chi connectivity index (χ1) is 14.9. The lowest BCUT2D eigenvalue weighted by molar-refractivity contribution is -0.118. The number of allylic oxidation sites excluding steroid dienone is 1. The molecule has 0 radical (unpaired) electrons. The SMILES string of the molecule is CC1(C)CC(=O)C2=C(C1)Nc1ccccc1N(C(=O)c1ccccc1)[C@H]2c1ccco1. The van der Waals surface area contributed by atoms with Gasteiger partial charge in [-0.2, -0.15) is 0 Å². The fraction of sp³-hybridized carbons (Fsp3) is 0.231. The zero-order valence-electron chi connectivity index (χ0n) is 17.6. The first-order valence-electron chi connectivity index (χ1n) is 10.5. The van der Waals surface area contributed by atoms with E-state index < -0.39 is 6.04 Å². The molecule has 1 amide bonds. The van der Waals surface area contributed by atoms with Crippen LogP contribution in [0.2, 0.25) is 0 Å². The smallest absolute Gasteiger partial charge is 0.259 e. The molecule has 0 bridgehead atoms. The number of benzene rings is 2. The molecule has 1 aliphatic carbocycles. The first-order valence-corrected chi connectivity index (χ1v) is 10.5. The molecule has 5 rings (SSSR count). The van der Waals surface area contributed by atoms with Crippen LogP contribution >= 0.6 is 0 Å². The van der Waals surface area contributed by atoms with Crippen molar-refractivity contribution in [2.24, 2.45) is 5.41 Å². The standard InChI is InChI=1S/C26H24N2O3/c1-26(2)15-19-23(21(29)16-26)24(22-13-8-14-31-22)28(20-12-7-6-11-18(20)27-19)25(30)17-9-4-3-5-10-17/h3-14,24,27H,15-16H2,1-2H3/t24-/m0/s1. The lowest BCUT2D eigenvalue weighted by atomic mass is 9.74. The lowest BCUT2D eigenvalue weighted by Gasteiger charge is -2.36. The molecule has 0 spiro atoms. The third-order valence-electron chi connectivity index (χ3n) is 5.95. The summed E-state index contributed by atoms with van der Waals surface area (Å²) in [6.07, 6.45) is 2.73. The van der Waals surface area contributed by atoms with Crippen molar-refractivity contribution < 1.29 is 14.0 Å².